The van der Waals surface area contributed by atoms with Gasteiger partial charge in [-0.2, -0.15) is 0 Å². The molecule has 4 aliphatic heterocycles. The fourth-order valence-electron chi connectivity index (χ4n) is 9.62. The fraction of sp³-hybridized carbons (Fsp3) is 0.388. The molecule has 4 aromatic rings. The van der Waals surface area contributed by atoms with Crippen molar-refractivity contribution in [2.24, 2.45) is 5.92 Å². The van der Waals surface area contributed by atoms with E-state index in [0.717, 1.165) is 62.2 Å². The lowest BCUT2D eigenvalue weighted by Crippen LogP contribution is -2.58. The van der Waals surface area contributed by atoms with Crippen LogP contribution in [0.25, 0.3) is 11.1 Å². The summed E-state index contributed by atoms with van der Waals surface area (Å²) in [6, 6.07) is 31.5. The largest absolute Gasteiger partial charge is 0.492 e. The molecule has 10 nitrogen and oxygen atoms in total. The molecule has 0 saturated carbocycles. The summed E-state index contributed by atoms with van der Waals surface area (Å²) in [6.07, 6.45) is 3.20. The first-order chi connectivity index (χ1) is 29.1. The molecule has 3 unspecified atom stereocenters. The van der Waals surface area contributed by atoms with Crippen molar-refractivity contribution in [3.05, 3.63) is 131 Å². The lowest BCUT2D eigenvalue weighted by molar-refractivity contribution is -0.136. The molecule has 312 valence electrons. The molecule has 1 N–H and O–H groups in total. The van der Waals surface area contributed by atoms with E-state index < -0.39 is 35.5 Å². The number of piperazine rings is 1. The van der Waals surface area contributed by atoms with Gasteiger partial charge in [0.15, 0.2) is 0 Å². The number of carbonyl (C=O) groups is 4. The molecule has 4 heterocycles. The Hall–Kier alpha value is -5.65. The lowest BCUT2D eigenvalue weighted by Gasteiger charge is -2.47. The molecule has 4 aromatic carbocycles. The lowest BCUT2D eigenvalue weighted by atomic mass is 9.88. The van der Waals surface area contributed by atoms with Gasteiger partial charge >= 0.3 is 0 Å². The van der Waals surface area contributed by atoms with Gasteiger partial charge in [0.05, 0.1) is 16.8 Å². The Balaban J connectivity index is 0.823. The molecule has 11 heteroatoms. The number of rotatable bonds is 12. The van der Waals surface area contributed by atoms with E-state index in [9.17, 15) is 19.2 Å². The molecule has 0 radical (unpaired) electrons. The van der Waals surface area contributed by atoms with Crippen LogP contribution in [0.1, 0.15) is 90.3 Å². The number of likely N-dealkylation sites (tertiary alicyclic amines) is 1. The average Bonchev–Trinajstić information content (AvgIpc) is 3.49. The van der Waals surface area contributed by atoms with Gasteiger partial charge in [-0.3, -0.25) is 39.2 Å². The molecule has 0 spiro atoms. The zero-order valence-corrected chi connectivity index (χ0v) is 34.7. The highest BCUT2D eigenvalue weighted by molar-refractivity contribution is 6.23. The third kappa shape index (κ3) is 8.51. The van der Waals surface area contributed by atoms with E-state index in [4.69, 9.17) is 4.74 Å². The number of carbonyl (C=O) groups excluding carboxylic acids is 4. The monoisotopic (exact) mass is 811 g/mol. The molecule has 8 rings (SSSR count). The fourth-order valence-corrected chi connectivity index (χ4v) is 9.62. The van der Waals surface area contributed by atoms with Crippen LogP contribution in [-0.2, 0) is 9.59 Å². The second-order valence-electron chi connectivity index (χ2n) is 16.7. The first-order valence-corrected chi connectivity index (χ1v) is 21.4. The summed E-state index contributed by atoms with van der Waals surface area (Å²) < 4.78 is 22.0. The number of ether oxygens (including phenoxy) is 1. The Morgan fingerprint density at radius 1 is 0.767 bits per heavy atom. The molecular weight excluding hydrogens is 758 g/mol. The molecule has 0 bridgehead atoms. The van der Waals surface area contributed by atoms with E-state index in [1.165, 1.54) is 33.9 Å². The number of fused-ring (bicyclic) bond motifs is 1. The smallest absolute Gasteiger partial charge is 0.262 e. The average molecular weight is 812 g/mol. The zero-order chi connectivity index (χ0) is 41.9. The summed E-state index contributed by atoms with van der Waals surface area (Å²) in [5.74, 6) is -1.61. The van der Waals surface area contributed by atoms with Gasteiger partial charge in [0, 0.05) is 44.7 Å². The Morgan fingerprint density at radius 3 is 1.98 bits per heavy atom. The van der Waals surface area contributed by atoms with Gasteiger partial charge in [0.1, 0.15) is 24.2 Å². The number of allylic oxidation sites excluding steroid dienone is 1. The number of piperidine rings is 2. The van der Waals surface area contributed by atoms with E-state index in [-0.39, 0.29) is 41.7 Å². The predicted octanol–water partition coefficient (Wildman–Crippen LogP) is 7.29. The summed E-state index contributed by atoms with van der Waals surface area (Å²) in [4.78, 5) is 58.7. The molecule has 60 heavy (non-hydrogen) atoms. The van der Waals surface area contributed by atoms with Crippen molar-refractivity contribution in [2.75, 3.05) is 50.8 Å². The Bertz CT molecular complexity index is 2240. The second kappa shape index (κ2) is 17.9. The molecular formula is C49H54FN5O5. The number of imide groups is 2. The van der Waals surface area contributed by atoms with Gasteiger partial charge in [0.25, 0.3) is 11.8 Å². The van der Waals surface area contributed by atoms with Crippen molar-refractivity contribution in [1.29, 1.82) is 0 Å². The molecule has 0 aliphatic carbocycles. The number of hydrogen-bond acceptors (Lipinski definition) is 8. The van der Waals surface area contributed by atoms with E-state index in [0.29, 0.717) is 25.6 Å². The van der Waals surface area contributed by atoms with Crippen LogP contribution in [0.4, 0.5) is 10.1 Å². The number of halogens is 1. The predicted molar refractivity (Wildman–Crippen MR) is 231 cm³/mol. The van der Waals surface area contributed by atoms with Crippen LogP contribution in [0.15, 0.2) is 97.1 Å². The topological polar surface area (TPSA) is 102 Å². The first kappa shape index (κ1) is 41.1. The van der Waals surface area contributed by atoms with Crippen LogP contribution in [-0.4, -0.2) is 102 Å². The number of anilines is 1. The van der Waals surface area contributed by atoms with Crippen molar-refractivity contribution in [1.82, 2.24) is 20.0 Å². The number of hydrogen-bond donors (Lipinski definition) is 1. The van der Waals surface area contributed by atoms with Crippen molar-refractivity contribution in [3.63, 3.8) is 0 Å². The van der Waals surface area contributed by atoms with Gasteiger partial charge < -0.3 is 9.64 Å². The standard InChI is InChI=1S/C49H54FN5O5/c1-4-39(35-11-7-5-8-12-35)46(36-13-9-6-10-14-36)37-15-17-38(18-16-37)60-26-25-52-23-21-34(22-24-52)31-54-32(2)29-53(30-33(54)3)44-28-41-40(27-42(44)50)48(58)55(49(41)59)43-19-20-45(56)51-47(43)57/h5-18,27-28,32-34,43H,4,19-26,29-31H2,1-3H3,(H,51,56,57). The van der Waals surface area contributed by atoms with Crippen molar-refractivity contribution in [2.45, 2.75) is 71.0 Å². The molecule has 4 amide bonds. The summed E-state index contributed by atoms with van der Waals surface area (Å²) in [5, 5.41) is 2.20. The van der Waals surface area contributed by atoms with E-state index in [2.05, 4.69) is 121 Å². The Labute approximate surface area is 352 Å². The maximum Gasteiger partial charge on any atom is 0.262 e. The molecule has 3 fully saturated rings. The zero-order valence-electron chi connectivity index (χ0n) is 34.7. The molecule has 0 aromatic heterocycles. The highest BCUT2D eigenvalue weighted by Gasteiger charge is 2.45. The minimum absolute atomic E-state index is 0.0267. The second-order valence-corrected chi connectivity index (χ2v) is 16.7. The minimum Gasteiger partial charge on any atom is -0.492 e. The molecule has 3 atom stereocenters. The highest BCUT2D eigenvalue weighted by atomic mass is 19.1. The Kier molecular flexibility index (Phi) is 12.3. The maximum atomic E-state index is 15.7. The normalized spacial score (nSPS) is 22.2. The molecule has 4 aliphatic rings. The van der Waals surface area contributed by atoms with Gasteiger partial charge in [-0.25, -0.2) is 4.39 Å². The summed E-state index contributed by atoms with van der Waals surface area (Å²) in [7, 11) is 0. The van der Waals surface area contributed by atoms with Crippen LogP contribution in [0, 0.1) is 11.7 Å². The van der Waals surface area contributed by atoms with Crippen LogP contribution < -0.4 is 15.0 Å². The van der Waals surface area contributed by atoms with Crippen molar-refractivity contribution < 1.29 is 28.3 Å². The van der Waals surface area contributed by atoms with Crippen LogP contribution in [0.3, 0.4) is 0 Å². The van der Waals surface area contributed by atoms with Crippen LogP contribution >= 0.6 is 0 Å². The summed E-state index contributed by atoms with van der Waals surface area (Å²) >= 11 is 0. The highest BCUT2D eigenvalue weighted by Crippen LogP contribution is 2.36. The van der Waals surface area contributed by atoms with E-state index in [1.807, 2.05) is 4.90 Å². The van der Waals surface area contributed by atoms with Gasteiger partial charge in [0.2, 0.25) is 11.8 Å². The number of benzene rings is 4. The first-order valence-electron chi connectivity index (χ1n) is 21.4. The number of amides is 4. The van der Waals surface area contributed by atoms with Gasteiger partial charge in [-0.15, -0.1) is 0 Å². The number of nitrogens with one attached hydrogen (secondary N) is 1. The number of nitrogens with zero attached hydrogens (tertiary/aromatic N) is 4. The van der Waals surface area contributed by atoms with Crippen LogP contribution in [0.2, 0.25) is 0 Å². The Morgan fingerprint density at radius 2 is 1.37 bits per heavy atom. The van der Waals surface area contributed by atoms with E-state index >= 15 is 4.39 Å². The van der Waals surface area contributed by atoms with Crippen molar-refractivity contribution >= 4 is 40.5 Å². The molecule has 3 saturated heterocycles. The van der Waals surface area contributed by atoms with Gasteiger partial charge in [-0.1, -0.05) is 79.7 Å². The van der Waals surface area contributed by atoms with Gasteiger partial charge in [-0.05, 0) is 111 Å². The SMILES string of the molecule is CCC(=C(c1ccccc1)c1ccc(OCCN2CCC(CN3C(C)CN(c4cc5c(cc4F)C(=O)N(C4CCC(=O)NC4=O)C5=O)CC3C)CC2)cc1)c1ccccc1. The van der Waals surface area contributed by atoms with Crippen molar-refractivity contribution in [3.8, 4) is 5.75 Å². The summed E-state index contributed by atoms with van der Waals surface area (Å²) in [5.41, 5.74) is 6.50. The minimum atomic E-state index is -1.09. The third-order valence-corrected chi connectivity index (χ3v) is 12.8. The van der Waals surface area contributed by atoms with Crippen LogP contribution in [0.5, 0.6) is 5.75 Å². The van der Waals surface area contributed by atoms with E-state index in [1.54, 1.807) is 0 Å². The third-order valence-electron chi connectivity index (χ3n) is 12.8. The summed E-state index contributed by atoms with van der Waals surface area (Å²) in [6.45, 7) is 12.2. The quantitative estimate of drug-likeness (QED) is 0.118. The maximum absolute atomic E-state index is 15.7.